The van der Waals surface area contributed by atoms with E-state index in [1.165, 1.54) is 12.8 Å². The van der Waals surface area contributed by atoms with E-state index in [1.54, 1.807) is 23.2 Å². The number of nitrogens with zero attached hydrogens (tertiary/aromatic N) is 5. The molecular weight excluding hydrogens is 314 g/mol. The number of pyridine rings is 1. The highest BCUT2D eigenvalue weighted by Crippen LogP contribution is 2.33. The zero-order chi connectivity index (χ0) is 17.4. The number of rotatable bonds is 3. The predicted octanol–water partition coefficient (Wildman–Crippen LogP) is 2.90. The summed E-state index contributed by atoms with van der Waals surface area (Å²) in [5.41, 5.74) is 4.71. The van der Waals surface area contributed by atoms with Crippen LogP contribution in [0.3, 0.4) is 0 Å². The first kappa shape index (κ1) is 15.9. The van der Waals surface area contributed by atoms with Gasteiger partial charge in [-0.3, -0.25) is 24.3 Å². The largest absolute Gasteiger partial charge is 0.285 e. The van der Waals surface area contributed by atoms with E-state index < -0.39 is 0 Å². The zero-order valence-electron chi connectivity index (χ0n) is 14.6. The van der Waals surface area contributed by atoms with Gasteiger partial charge in [-0.25, -0.2) is 4.98 Å². The quantitative estimate of drug-likeness (QED) is 0.736. The molecule has 0 amide bonds. The fourth-order valence-corrected chi connectivity index (χ4v) is 3.65. The molecule has 0 bridgehead atoms. The molecule has 0 unspecified atom stereocenters. The van der Waals surface area contributed by atoms with Crippen molar-refractivity contribution in [3.8, 4) is 0 Å². The summed E-state index contributed by atoms with van der Waals surface area (Å²) >= 11 is 0. The third-order valence-corrected chi connectivity index (χ3v) is 5.03. The molecule has 1 fully saturated rings. The molecule has 3 aromatic rings. The van der Waals surface area contributed by atoms with E-state index in [0.717, 1.165) is 41.0 Å². The van der Waals surface area contributed by atoms with E-state index in [-0.39, 0.29) is 5.56 Å². The summed E-state index contributed by atoms with van der Waals surface area (Å²) < 4.78 is 1.72. The summed E-state index contributed by atoms with van der Waals surface area (Å²) in [6, 6.07) is 1.94. The molecule has 0 saturated heterocycles. The van der Waals surface area contributed by atoms with Gasteiger partial charge in [0.05, 0.1) is 23.6 Å². The maximum atomic E-state index is 13.2. The number of fused-ring (bicyclic) bond motifs is 1. The van der Waals surface area contributed by atoms with Gasteiger partial charge in [-0.05, 0) is 38.7 Å². The Kier molecular flexibility index (Phi) is 4.03. The zero-order valence-corrected chi connectivity index (χ0v) is 14.6. The van der Waals surface area contributed by atoms with Gasteiger partial charge in [-0.15, -0.1) is 0 Å². The van der Waals surface area contributed by atoms with Crippen LogP contribution >= 0.6 is 0 Å². The van der Waals surface area contributed by atoms with E-state index in [1.807, 2.05) is 19.9 Å². The van der Waals surface area contributed by atoms with Gasteiger partial charge in [0.2, 0.25) is 0 Å². The molecule has 1 saturated carbocycles. The molecule has 0 radical (unpaired) electrons. The lowest BCUT2D eigenvalue weighted by molar-refractivity contribution is 0.675. The molecule has 0 atom stereocenters. The van der Waals surface area contributed by atoms with Crippen molar-refractivity contribution in [1.82, 2.24) is 24.5 Å². The Balaban J connectivity index is 1.93. The second-order valence-corrected chi connectivity index (χ2v) is 6.78. The van der Waals surface area contributed by atoms with Crippen LogP contribution in [0, 0.1) is 13.8 Å². The Bertz CT molecular complexity index is 989. The Morgan fingerprint density at radius 3 is 2.64 bits per heavy atom. The van der Waals surface area contributed by atoms with E-state index >= 15 is 0 Å². The summed E-state index contributed by atoms with van der Waals surface area (Å²) in [4.78, 5) is 31.0. The lowest BCUT2D eigenvalue weighted by Crippen LogP contribution is -2.27. The standard InChI is InChI=1S/C19H21N5O/c1-12-10-22-16-9-15(14-5-3-4-6-14)19(25)24(18(16)23-12)11-17-13(2)20-7-8-21-17/h7-10,14H,3-6,11H2,1-2H3. The summed E-state index contributed by atoms with van der Waals surface area (Å²) in [5, 5.41) is 0. The number of hydrogen-bond acceptors (Lipinski definition) is 5. The Morgan fingerprint density at radius 1 is 1.12 bits per heavy atom. The summed E-state index contributed by atoms with van der Waals surface area (Å²) in [7, 11) is 0. The lowest BCUT2D eigenvalue weighted by Gasteiger charge is -2.15. The van der Waals surface area contributed by atoms with Crippen molar-refractivity contribution in [3.63, 3.8) is 0 Å². The molecule has 0 aliphatic heterocycles. The molecular formula is C19H21N5O. The first-order valence-corrected chi connectivity index (χ1v) is 8.77. The van der Waals surface area contributed by atoms with Crippen molar-refractivity contribution >= 4 is 11.2 Å². The van der Waals surface area contributed by atoms with Gasteiger partial charge in [0.1, 0.15) is 5.52 Å². The van der Waals surface area contributed by atoms with Crippen molar-refractivity contribution in [2.24, 2.45) is 0 Å². The van der Waals surface area contributed by atoms with E-state index in [2.05, 4.69) is 19.9 Å². The fourth-order valence-electron chi connectivity index (χ4n) is 3.65. The van der Waals surface area contributed by atoms with Gasteiger partial charge in [0.25, 0.3) is 5.56 Å². The topological polar surface area (TPSA) is 73.6 Å². The average Bonchev–Trinajstić information content (AvgIpc) is 3.13. The molecule has 25 heavy (non-hydrogen) atoms. The SMILES string of the molecule is Cc1cnc2cc(C3CCCC3)c(=O)n(Cc3nccnc3C)c2n1. The molecule has 0 aromatic carbocycles. The summed E-state index contributed by atoms with van der Waals surface area (Å²) in [5.74, 6) is 0.328. The highest BCUT2D eigenvalue weighted by molar-refractivity contribution is 5.71. The average molecular weight is 335 g/mol. The van der Waals surface area contributed by atoms with Crippen LogP contribution in [-0.2, 0) is 6.54 Å². The Morgan fingerprint density at radius 2 is 1.88 bits per heavy atom. The van der Waals surface area contributed by atoms with E-state index in [9.17, 15) is 4.79 Å². The molecule has 6 heteroatoms. The smallest absolute Gasteiger partial charge is 0.256 e. The molecule has 3 aromatic heterocycles. The Labute approximate surface area is 146 Å². The molecule has 0 N–H and O–H groups in total. The normalized spacial score (nSPS) is 15.1. The Hall–Kier alpha value is -2.63. The van der Waals surface area contributed by atoms with Crippen molar-refractivity contribution in [2.75, 3.05) is 0 Å². The monoisotopic (exact) mass is 335 g/mol. The fraction of sp³-hybridized carbons (Fsp3) is 0.421. The molecule has 3 heterocycles. The molecule has 0 spiro atoms. The minimum absolute atomic E-state index is 0.0318. The van der Waals surface area contributed by atoms with Crippen LogP contribution in [0.2, 0.25) is 0 Å². The first-order chi connectivity index (χ1) is 12.1. The maximum Gasteiger partial charge on any atom is 0.256 e. The molecule has 1 aliphatic carbocycles. The van der Waals surface area contributed by atoms with Gasteiger partial charge < -0.3 is 0 Å². The van der Waals surface area contributed by atoms with Crippen LogP contribution in [-0.4, -0.2) is 24.5 Å². The molecule has 6 nitrogen and oxygen atoms in total. The van der Waals surface area contributed by atoms with Crippen LogP contribution < -0.4 is 5.56 Å². The van der Waals surface area contributed by atoms with Gasteiger partial charge in [0, 0.05) is 24.2 Å². The van der Waals surface area contributed by atoms with Gasteiger partial charge >= 0.3 is 0 Å². The first-order valence-electron chi connectivity index (χ1n) is 8.77. The minimum Gasteiger partial charge on any atom is -0.285 e. The van der Waals surface area contributed by atoms with Crippen LogP contribution in [0.5, 0.6) is 0 Å². The molecule has 4 rings (SSSR count). The van der Waals surface area contributed by atoms with E-state index in [4.69, 9.17) is 0 Å². The third-order valence-electron chi connectivity index (χ3n) is 5.03. The van der Waals surface area contributed by atoms with Crippen molar-refractivity contribution < 1.29 is 0 Å². The number of hydrogen-bond donors (Lipinski definition) is 0. The predicted molar refractivity (Wildman–Crippen MR) is 95.6 cm³/mol. The summed E-state index contributed by atoms with van der Waals surface area (Å²) in [6.07, 6.45) is 9.60. The summed E-state index contributed by atoms with van der Waals surface area (Å²) in [6.45, 7) is 4.17. The van der Waals surface area contributed by atoms with Crippen LogP contribution in [0.4, 0.5) is 0 Å². The van der Waals surface area contributed by atoms with Gasteiger partial charge in [-0.1, -0.05) is 12.8 Å². The second-order valence-electron chi connectivity index (χ2n) is 6.78. The number of aromatic nitrogens is 5. The van der Waals surface area contributed by atoms with Crippen molar-refractivity contribution in [1.29, 1.82) is 0 Å². The van der Waals surface area contributed by atoms with Crippen molar-refractivity contribution in [2.45, 2.75) is 52.0 Å². The van der Waals surface area contributed by atoms with Crippen LogP contribution in [0.1, 0.15) is 54.2 Å². The van der Waals surface area contributed by atoms with Crippen molar-refractivity contribution in [3.05, 3.63) is 57.7 Å². The highest BCUT2D eigenvalue weighted by atomic mass is 16.1. The lowest BCUT2D eigenvalue weighted by atomic mass is 9.98. The third kappa shape index (κ3) is 2.92. The number of aryl methyl sites for hydroxylation is 2. The highest BCUT2D eigenvalue weighted by Gasteiger charge is 2.23. The molecule has 128 valence electrons. The minimum atomic E-state index is 0.0318. The maximum absolute atomic E-state index is 13.2. The molecule has 1 aliphatic rings. The van der Waals surface area contributed by atoms with Crippen LogP contribution in [0.25, 0.3) is 11.2 Å². The second kappa shape index (κ2) is 6.35. The van der Waals surface area contributed by atoms with Gasteiger partial charge in [0.15, 0.2) is 5.65 Å². The van der Waals surface area contributed by atoms with E-state index in [0.29, 0.717) is 18.1 Å². The van der Waals surface area contributed by atoms with Crippen LogP contribution in [0.15, 0.2) is 29.5 Å². The van der Waals surface area contributed by atoms with Gasteiger partial charge in [-0.2, -0.15) is 0 Å².